The summed E-state index contributed by atoms with van der Waals surface area (Å²) in [5, 5.41) is 1.47. The molecule has 0 aliphatic carbocycles. The second-order valence-electron chi connectivity index (χ2n) is 6.58. The minimum Gasteiger partial charge on any atom is -0.494 e. The first-order valence-corrected chi connectivity index (χ1v) is 11.1. The summed E-state index contributed by atoms with van der Waals surface area (Å²) in [7, 11) is -3.97. The summed E-state index contributed by atoms with van der Waals surface area (Å²) in [4.78, 5) is 6.13. The molecule has 0 bridgehead atoms. The Morgan fingerprint density at radius 3 is 2.17 bits per heavy atom. The SMILES string of the molecule is CCOc1ccc(N2C=CC(c3ccccc3)ON2S(=O)(=O)c2ccccc2)cc1. The van der Waals surface area contributed by atoms with E-state index >= 15 is 0 Å². The average molecular weight is 423 g/mol. The van der Waals surface area contributed by atoms with E-state index in [0.29, 0.717) is 18.0 Å². The molecule has 0 spiro atoms. The molecule has 3 aromatic carbocycles. The molecule has 0 fully saturated rings. The number of nitrogens with zero attached hydrogens (tertiary/aromatic N) is 2. The molecule has 6 nitrogen and oxygen atoms in total. The van der Waals surface area contributed by atoms with Crippen molar-refractivity contribution in [2.75, 3.05) is 11.6 Å². The Morgan fingerprint density at radius 1 is 0.900 bits per heavy atom. The van der Waals surface area contributed by atoms with Crippen LogP contribution in [-0.2, 0) is 14.9 Å². The van der Waals surface area contributed by atoms with Gasteiger partial charge in [-0.25, -0.2) is 13.4 Å². The van der Waals surface area contributed by atoms with Crippen molar-refractivity contribution >= 4 is 15.7 Å². The molecule has 3 aromatic rings. The molecule has 0 amide bonds. The van der Waals surface area contributed by atoms with E-state index in [2.05, 4.69) is 0 Å². The van der Waals surface area contributed by atoms with Crippen molar-refractivity contribution in [2.45, 2.75) is 17.9 Å². The van der Waals surface area contributed by atoms with Gasteiger partial charge in [0.1, 0.15) is 11.9 Å². The highest BCUT2D eigenvalue weighted by Crippen LogP contribution is 2.33. The summed E-state index contributed by atoms with van der Waals surface area (Å²) < 4.78 is 33.3. The topological polar surface area (TPSA) is 59.1 Å². The second kappa shape index (κ2) is 8.71. The maximum absolute atomic E-state index is 13.4. The third kappa shape index (κ3) is 4.09. The molecule has 1 unspecified atom stereocenters. The van der Waals surface area contributed by atoms with Crippen molar-refractivity contribution in [2.24, 2.45) is 0 Å². The van der Waals surface area contributed by atoms with Crippen LogP contribution in [0.15, 0.2) is 102 Å². The lowest BCUT2D eigenvalue weighted by atomic mass is 10.1. The lowest BCUT2D eigenvalue weighted by Crippen LogP contribution is -2.46. The molecular formula is C23H22N2O4S. The predicted molar refractivity (Wildman–Crippen MR) is 115 cm³/mol. The third-order valence-corrected chi connectivity index (χ3v) is 6.11. The molecule has 4 rings (SSSR count). The molecule has 0 radical (unpaired) electrons. The van der Waals surface area contributed by atoms with Crippen molar-refractivity contribution in [1.29, 1.82) is 0 Å². The molecule has 0 aromatic heterocycles. The van der Waals surface area contributed by atoms with Crippen LogP contribution in [-0.4, -0.2) is 19.6 Å². The normalized spacial score (nSPS) is 17.1. The van der Waals surface area contributed by atoms with E-state index in [1.165, 1.54) is 5.01 Å². The standard InChI is InChI=1S/C23H22N2O4S/c1-2-28-21-15-13-20(14-16-21)24-18-17-23(19-9-5-3-6-10-19)29-25(24)30(26,27)22-11-7-4-8-12-22/h3-18,23H,2H2,1H3. The van der Waals surface area contributed by atoms with Crippen LogP contribution in [0, 0.1) is 0 Å². The van der Waals surface area contributed by atoms with Gasteiger partial charge in [-0.3, -0.25) is 4.84 Å². The number of hydrogen-bond acceptors (Lipinski definition) is 5. The second-order valence-corrected chi connectivity index (χ2v) is 8.31. The highest BCUT2D eigenvalue weighted by molar-refractivity contribution is 7.89. The van der Waals surface area contributed by atoms with Crippen molar-refractivity contribution < 1.29 is 18.0 Å². The molecule has 1 heterocycles. The molecule has 0 N–H and O–H groups in total. The minimum absolute atomic E-state index is 0.142. The number of sulfonamides is 1. The molecule has 0 saturated carbocycles. The number of anilines is 1. The summed E-state index contributed by atoms with van der Waals surface area (Å²) in [5.74, 6) is 0.711. The van der Waals surface area contributed by atoms with Gasteiger partial charge in [0.05, 0.1) is 17.2 Å². The smallest absolute Gasteiger partial charge is 0.283 e. The quantitative estimate of drug-likeness (QED) is 0.576. The largest absolute Gasteiger partial charge is 0.494 e. The number of benzene rings is 3. The van der Waals surface area contributed by atoms with Gasteiger partial charge in [-0.15, -0.1) is 0 Å². The maximum atomic E-state index is 13.4. The first kappa shape index (κ1) is 20.2. The molecule has 1 aliphatic heterocycles. The summed E-state index contributed by atoms with van der Waals surface area (Å²) in [6.45, 7) is 2.46. The zero-order chi connectivity index (χ0) is 21.0. The van der Waals surface area contributed by atoms with Gasteiger partial charge in [-0.2, -0.15) is 0 Å². The highest BCUT2D eigenvalue weighted by atomic mass is 32.2. The van der Waals surface area contributed by atoms with Gasteiger partial charge in [0.15, 0.2) is 0 Å². The fraction of sp³-hybridized carbons (Fsp3) is 0.130. The molecule has 1 aliphatic rings. The lowest BCUT2D eigenvalue weighted by molar-refractivity contribution is -0.127. The van der Waals surface area contributed by atoms with Crippen molar-refractivity contribution in [3.8, 4) is 5.75 Å². The number of hydrazine groups is 1. The Morgan fingerprint density at radius 2 is 1.53 bits per heavy atom. The molecule has 30 heavy (non-hydrogen) atoms. The molecule has 154 valence electrons. The Balaban J connectivity index is 1.74. The third-order valence-electron chi connectivity index (χ3n) is 4.57. The summed E-state index contributed by atoms with van der Waals surface area (Å²) >= 11 is 0. The van der Waals surface area contributed by atoms with Crippen LogP contribution in [0.2, 0.25) is 0 Å². The molecule has 1 atom stereocenters. The number of rotatable bonds is 6. The van der Waals surface area contributed by atoms with Crippen LogP contribution in [0.1, 0.15) is 18.6 Å². The lowest BCUT2D eigenvalue weighted by Gasteiger charge is -2.37. The van der Waals surface area contributed by atoms with E-state index in [1.54, 1.807) is 60.8 Å². The summed E-state index contributed by atoms with van der Waals surface area (Å²) in [6.07, 6.45) is 2.99. The first-order valence-electron chi connectivity index (χ1n) is 9.62. The van der Waals surface area contributed by atoms with Crippen LogP contribution in [0.4, 0.5) is 5.69 Å². The van der Waals surface area contributed by atoms with Crippen LogP contribution < -0.4 is 9.75 Å². The van der Waals surface area contributed by atoms with Crippen LogP contribution >= 0.6 is 0 Å². The first-order chi connectivity index (χ1) is 14.6. The van der Waals surface area contributed by atoms with Gasteiger partial charge in [0, 0.05) is 10.8 Å². The van der Waals surface area contributed by atoms with Gasteiger partial charge in [0.25, 0.3) is 10.0 Å². The van der Waals surface area contributed by atoms with E-state index in [4.69, 9.17) is 9.57 Å². The number of hydrogen-bond donors (Lipinski definition) is 0. The summed E-state index contributed by atoms with van der Waals surface area (Å²) in [6, 6.07) is 24.9. The van der Waals surface area contributed by atoms with Crippen molar-refractivity contribution in [3.05, 3.63) is 103 Å². The summed E-state index contributed by atoms with van der Waals surface area (Å²) in [5.41, 5.74) is 1.48. The monoisotopic (exact) mass is 422 g/mol. The maximum Gasteiger partial charge on any atom is 0.283 e. The van der Waals surface area contributed by atoms with E-state index in [1.807, 2.05) is 43.3 Å². The zero-order valence-corrected chi connectivity index (χ0v) is 17.3. The molecular weight excluding hydrogens is 400 g/mol. The van der Waals surface area contributed by atoms with E-state index < -0.39 is 16.1 Å². The van der Waals surface area contributed by atoms with Gasteiger partial charge < -0.3 is 4.74 Å². The van der Waals surface area contributed by atoms with Gasteiger partial charge in [-0.05, 0) is 55.0 Å². The fourth-order valence-corrected chi connectivity index (χ4v) is 4.38. The molecule has 7 heteroatoms. The van der Waals surface area contributed by atoms with Gasteiger partial charge >= 0.3 is 0 Å². The van der Waals surface area contributed by atoms with Crippen molar-refractivity contribution in [3.63, 3.8) is 0 Å². The Kier molecular flexibility index (Phi) is 5.85. The Labute approximate surface area is 176 Å². The van der Waals surface area contributed by atoms with Gasteiger partial charge in [0.2, 0.25) is 0 Å². The zero-order valence-electron chi connectivity index (χ0n) is 16.5. The fourth-order valence-electron chi connectivity index (χ4n) is 3.11. The van der Waals surface area contributed by atoms with E-state index in [9.17, 15) is 8.42 Å². The molecule has 0 saturated heterocycles. The van der Waals surface area contributed by atoms with Crippen LogP contribution in [0.5, 0.6) is 5.75 Å². The highest BCUT2D eigenvalue weighted by Gasteiger charge is 2.36. The van der Waals surface area contributed by atoms with Crippen LogP contribution in [0.25, 0.3) is 0 Å². The predicted octanol–water partition coefficient (Wildman–Crippen LogP) is 4.70. The average Bonchev–Trinajstić information content (AvgIpc) is 2.81. The van der Waals surface area contributed by atoms with Crippen LogP contribution in [0.3, 0.4) is 0 Å². The number of ether oxygens (including phenoxy) is 1. The Bertz CT molecular complexity index is 1100. The van der Waals surface area contributed by atoms with Gasteiger partial charge in [-0.1, -0.05) is 48.5 Å². The minimum atomic E-state index is -3.97. The van der Waals surface area contributed by atoms with Crippen molar-refractivity contribution in [1.82, 2.24) is 4.58 Å². The van der Waals surface area contributed by atoms with E-state index in [0.717, 1.165) is 10.1 Å². The van der Waals surface area contributed by atoms with E-state index in [-0.39, 0.29) is 4.90 Å². The Hall–Kier alpha value is -3.13.